The van der Waals surface area contributed by atoms with Crippen LogP contribution in [0.3, 0.4) is 0 Å². The van der Waals surface area contributed by atoms with E-state index in [9.17, 15) is 0 Å². The molecule has 0 aliphatic carbocycles. The van der Waals surface area contributed by atoms with Gasteiger partial charge in [0.05, 0.1) is 19.7 Å². The molecule has 0 radical (unpaired) electrons. The summed E-state index contributed by atoms with van der Waals surface area (Å²) >= 11 is 2.26. The van der Waals surface area contributed by atoms with Crippen LogP contribution in [0, 0.1) is 0 Å². The van der Waals surface area contributed by atoms with E-state index in [0.29, 0.717) is 12.4 Å². The zero-order chi connectivity index (χ0) is 10.5. The van der Waals surface area contributed by atoms with Crippen LogP contribution in [0.5, 0.6) is 0 Å². The summed E-state index contributed by atoms with van der Waals surface area (Å²) in [5.74, 6) is 0.572. The number of hydrogen-bond donors (Lipinski definition) is 0. The molecule has 2 unspecified atom stereocenters. The van der Waals surface area contributed by atoms with Gasteiger partial charge in [-0.3, -0.25) is 0 Å². The summed E-state index contributed by atoms with van der Waals surface area (Å²) in [6.07, 6.45) is 1.14. The van der Waals surface area contributed by atoms with Crippen LogP contribution in [-0.4, -0.2) is 13.2 Å². The predicted molar refractivity (Wildman–Crippen MR) is 71.7 cm³/mol. The number of benzene rings is 1. The van der Waals surface area contributed by atoms with Crippen LogP contribution in [0.15, 0.2) is 24.3 Å². The van der Waals surface area contributed by atoms with E-state index >= 15 is 0 Å². The van der Waals surface area contributed by atoms with Gasteiger partial charge in [-0.1, -0.05) is 24.3 Å². The van der Waals surface area contributed by atoms with E-state index in [1.54, 1.807) is 0 Å². The normalized spacial score (nSPS) is 21.5. The second kappa shape index (κ2) is 6.14. The third kappa shape index (κ3) is 3.13. The number of hydrogen-bond acceptors (Lipinski definition) is 2. The van der Waals surface area contributed by atoms with Crippen molar-refractivity contribution in [1.29, 1.82) is 0 Å². The lowest BCUT2D eigenvalue weighted by Crippen LogP contribution is -2.02. The van der Waals surface area contributed by atoms with E-state index in [1.807, 2.05) is 0 Å². The van der Waals surface area contributed by atoms with Crippen LogP contribution in [0.1, 0.15) is 23.5 Å². The van der Waals surface area contributed by atoms with Crippen molar-refractivity contribution in [2.75, 3.05) is 13.2 Å². The quantitative estimate of drug-likeness (QED) is 0.617. The smallest absolute Gasteiger partial charge is 0.0798 e. The van der Waals surface area contributed by atoms with E-state index in [0.717, 1.165) is 26.2 Å². The topological polar surface area (TPSA) is 18.5 Å². The molecule has 1 aromatic rings. The van der Waals surface area contributed by atoms with Gasteiger partial charge in [0.25, 0.3) is 0 Å². The molecule has 0 spiro atoms. The van der Waals surface area contributed by atoms with E-state index in [1.165, 1.54) is 11.1 Å². The van der Waals surface area contributed by atoms with Gasteiger partial charge in [0, 0.05) is 12.5 Å². The molecule has 15 heavy (non-hydrogen) atoms. The Labute approximate surface area is 105 Å². The maximum Gasteiger partial charge on any atom is 0.0798 e. The third-order valence-corrected chi connectivity index (χ3v) is 3.89. The van der Waals surface area contributed by atoms with E-state index in [-0.39, 0.29) is 0 Å². The number of rotatable bonds is 4. The molecule has 4 heteroatoms. The Morgan fingerprint density at radius 3 is 3.07 bits per heavy atom. The molecule has 0 saturated carbocycles. The van der Waals surface area contributed by atoms with Gasteiger partial charge < -0.3 is 9.26 Å². The molecule has 1 aromatic carbocycles. The largest absolute Gasteiger partial charge is 0.381 e. The number of ether oxygens (including phenoxy) is 1. The first-order chi connectivity index (χ1) is 7.42. The van der Waals surface area contributed by atoms with Gasteiger partial charge in [0.15, 0.2) is 0 Å². The summed E-state index contributed by atoms with van der Waals surface area (Å²) in [5, 5.41) is 0. The average Bonchev–Trinajstić information content (AvgIpc) is 2.80. The SMILES string of the molecule is IPOCc1ccccc1C1CCOC1. The van der Waals surface area contributed by atoms with Gasteiger partial charge >= 0.3 is 0 Å². The molecule has 2 nitrogen and oxygen atoms in total. The van der Waals surface area contributed by atoms with Crippen LogP contribution < -0.4 is 0 Å². The van der Waals surface area contributed by atoms with Crippen LogP contribution in [-0.2, 0) is 15.9 Å². The van der Waals surface area contributed by atoms with E-state index in [4.69, 9.17) is 9.26 Å². The summed E-state index contributed by atoms with van der Waals surface area (Å²) < 4.78 is 10.9. The highest BCUT2D eigenvalue weighted by molar-refractivity contribution is 14.2. The summed E-state index contributed by atoms with van der Waals surface area (Å²) in [6.45, 7) is 3.02. The van der Waals surface area contributed by atoms with Gasteiger partial charge in [-0.05, 0) is 39.6 Å². The first-order valence-electron chi connectivity index (χ1n) is 5.05. The molecular formula is C11H14IO2P. The lowest BCUT2D eigenvalue weighted by molar-refractivity contribution is 0.193. The Kier molecular flexibility index (Phi) is 4.82. The monoisotopic (exact) mass is 336 g/mol. The molecule has 1 aliphatic heterocycles. The van der Waals surface area contributed by atoms with Gasteiger partial charge in [-0.25, -0.2) is 0 Å². The molecule has 82 valence electrons. The van der Waals surface area contributed by atoms with E-state index in [2.05, 4.69) is 46.3 Å². The van der Waals surface area contributed by atoms with Gasteiger partial charge in [0.1, 0.15) is 0 Å². The highest BCUT2D eigenvalue weighted by Crippen LogP contribution is 2.30. The molecule has 0 bridgehead atoms. The highest BCUT2D eigenvalue weighted by Gasteiger charge is 2.19. The Morgan fingerprint density at radius 1 is 1.47 bits per heavy atom. The number of halogens is 1. The second-order valence-electron chi connectivity index (χ2n) is 3.63. The van der Waals surface area contributed by atoms with Crippen molar-refractivity contribution in [2.45, 2.75) is 18.9 Å². The predicted octanol–water partition coefficient (Wildman–Crippen LogP) is 3.65. The molecular weight excluding hydrogens is 322 g/mol. The molecule has 0 N–H and O–H groups in total. The fourth-order valence-corrected chi connectivity index (χ4v) is 2.63. The van der Waals surface area contributed by atoms with Gasteiger partial charge in [0.2, 0.25) is 0 Å². The Balaban J connectivity index is 2.13. The molecule has 0 aromatic heterocycles. The van der Waals surface area contributed by atoms with Crippen molar-refractivity contribution in [3.63, 3.8) is 0 Å². The van der Waals surface area contributed by atoms with Crippen molar-refractivity contribution in [3.05, 3.63) is 35.4 Å². The van der Waals surface area contributed by atoms with Gasteiger partial charge in [-0.2, -0.15) is 0 Å². The maximum absolute atomic E-state index is 5.49. The molecule has 1 aliphatic rings. The highest BCUT2D eigenvalue weighted by atomic mass is 127. The van der Waals surface area contributed by atoms with Gasteiger partial charge in [-0.15, -0.1) is 0 Å². The lowest BCUT2D eigenvalue weighted by Gasteiger charge is -2.13. The van der Waals surface area contributed by atoms with E-state index < -0.39 is 0 Å². The molecule has 1 fully saturated rings. The first kappa shape index (κ1) is 11.8. The summed E-state index contributed by atoms with van der Waals surface area (Å²) in [5.41, 5.74) is 2.72. The van der Waals surface area contributed by atoms with Crippen molar-refractivity contribution in [3.8, 4) is 0 Å². The van der Waals surface area contributed by atoms with Crippen LogP contribution in [0.25, 0.3) is 0 Å². The molecule has 1 saturated heterocycles. The van der Waals surface area contributed by atoms with Crippen molar-refractivity contribution >= 4 is 28.5 Å². The fourth-order valence-electron chi connectivity index (χ4n) is 1.95. The zero-order valence-electron chi connectivity index (χ0n) is 8.41. The van der Waals surface area contributed by atoms with Crippen molar-refractivity contribution in [2.24, 2.45) is 0 Å². The standard InChI is InChI=1S/C11H14IO2P/c12-15-14-8-9-3-1-2-4-11(9)10-5-6-13-7-10/h1-4,10,15H,5-8H2. The van der Waals surface area contributed by atoms with Crippen LogP contribution in [0.4, 0.5) is 0 Å². The second-order valence-corrected chi connectivity index (χ2v) is 5.39. The summed E-state index contributed by atoms with van der Waals surface area (Å²) in [7, 11) is 0. The Hall–Kier alpha value is 0.300. The molecule has 2 atom stereocenters. The summed E-state index contributed by atoms with van der Waals surface area (Å²) in [4.78, 5) is 0. The fraction of sp³-hybridized carbons (Fsp3) is 0.455. The molecule has 2 rings (SSSR count). The van der Waals surface area contributed by atoms with Crippen molar-refractivity contribution < 1.29 is 9.26 Å². The van der Waals surface area contributed by atoms with Crippen molar-refractivity contribution in [1.82, 2.24) is 0 Å². The Morgan fingerprint density at radius 2 is 2.33 bits per heavy atom. The molecule has 0 amide bonds. The summed E-state index contributed by atoms with van der Waals surface area (Å²) in [6, 6.07) is 8.54. The molecule has 1 heterocycles. The maximum atomic E-state index is 5.49. The lowest BCUT2D eigenvalue weighted by atomic mass is 9.94. The first-order valence-corrected chi connectivity index (χ1v) is 9.07. The minimum absolute atomic E-state index is 0.529. The van der Waals surface area contributed by atoms with Crippen LogP contribution in [0.2, 0.25) is 0 Å². The third-order valence-electron chi connectivity index (χ3n) is 2.71. The minimum Gasteiger partial charge on any atom is -0.381 e. The minimum atomic E-state index is 0.529. The average molecular weight is 336 g/mol. The zero-order valence-corrected chi connectivity index (χ0v) is 11.6. The van der Waals surface area contributed by atoms with Crippen LogP contribution >= 0.6 is 28.5 Å². The Bertz CT molecular complexity index is 313.